The zero-order valence-corrected chi connectivity index (χ0v) is 11.6. The Morgan fingerprint density at radius 2 is 2.30 bits per heavy atom. The molecule has 106 valence electrons. The van der Waals surface area contributed by atoms with Crippen LogP contribution in [0.2, 0.25) is 0 Å². The molecular weight excluding hydrogens is 282 g/mol. The van der Waals surface area contributed by atoms with Crippen molar-refractivity contribution in [3.63, 3.8) is 0 Å². The maximum absolute atomic E-state index is 12.0. The summed E-state index contributed by atoms with van der Waals surface area (Å²) in [5, 5.41) is 4.82. The number of hydrogen-bond acceptors (Lipinski definition) is 6. The van der Waals surface area contributed by atoms with E-state index in [1.165, 1.54) is 29.3 Å². The molecule has 0 aliphatic carbocycles. The zero-order chi connectivity index (χ0) is 14.5. The van der Waals surface area contributed by atoms with Crippen molar-refractivity contribution in [2.45, 2.75) is 13.0 Å². The van der Waals surface area contributed by atoms with Gasteiger partial charge in [0.1, 0.15) is 11.4 Å². The molecule has 0 radical (unpaired) electrons. The Morgan fingerprint density at radius 1 is 1.50 bits per heavy atom. The van der Waals surface area contributed by atoms with Gasteiger partial charge >= 0.3 is 5.97 Å². The van der Waals surface area contributed by atoms with Crippen molar-refractivity contribution < 1.29 is 14.3 Å². The van der Waals surface area contributed by atoms with Crippen molar-refractivity contribution in [2.75, 3.05) is 13.7 Å². The van der Waals surface area contributed by atoms with Gasteiger partial charge in [-0.15, -0.1) is 11.3 Å². The Hall–Kier alpha value is -2.22. The largest absolute Gasteiger partial charge is 0.469 e. The van der Waals surface area contributed by atoms with Crippen molar-refractivity contribution >= 4 is 33.4 Å². The molecule has 8 heteroatoms. The van der Waals surface area contributed by atoms with Gasteiger partial charge < -0.3 is 10.1 Å². The molecule has 0 fully saturated rings. The predicted molar refractivity (Wildman–Crippen MR) is 73.5 cm³/mol. The summed E-state index contributed by atoms with van der Waals surface area (Å²) >= 11 is 1.37. The molecule has 20 heavy (non-hydrogen) atoms. The molecule has 0 saturated heterocycles. The van der Waals surface area contributed by atoms with E-state index in [-0.39, 0.29) is 31.0 Å². The van der Waals surface area contributed by atoms with Crippen molar-refractivity contribution in [3.05, 3.63) is 28.1 Å². The number of fused-ring (bicyclic) bond motifs is 1. The van der Waals surface area contributed by atoms with Crippen LogP contribution in [-0.4, -0.2) is 35.1 Å². The van der Waals surface area contributed by atoms with E-state index in [0.29, 0.717) is 10.2 Å². The molecule has 2 heterocycles. The number of nitrogens with zero attached hydrogens (tertiary/aromatic N) is 2. The topological polar surface area (TPSA) is 90.3 Å². The highest BCUT2D eigenvalue weighted by Crippen LogP contribution is 2.12. The Morgan fingerprint density at radius 3 is 3.05 bits per heavy atom. The molecule has 1 N–H and O–H groups in total. The fourth-order valence-corrected chi connectivity index (χ4v) is 2.35. The Balaban J connectivity index is 1.97. The van der Waals surface area contributed by atoms with E-state index >= 15 is 0 Å². The highest BCUT2D eigenvalue weighted by atomic mass is 32.1. The number of carbonyl (C=O) groups excluding carboxylic acids is 2. The highest BCUT2D eigenvalue weighted by Gasteiger charge is 2.09. The summed E-state index contributed by atoms with van der Waals surface area (Å²) in [5.41, 5.74) is -0.251. The molecule has 0 aliphatic rings. The first-order valence-electron chi connectivity index (χ1n) is 5.88. The van der Waals surface area contributed by atoms with Gasteiger partial charge in [0.15, 0.2) is 0 Å². The van der Waals surface area contributed by atoms with Crippen LogP contribution in [0.1, 0.15) is 6.42 Å². The Kier molecular flexibility index (Phi) is 4.46. The second-order valence-electron chi connectivity index (χ2n) is 3.99. The van der Waals surface area contributed by atoms with Crippen molar-refractivity contribution in [2.24, 2.45) is 0 Å². The van der Waals surface area contributed by atoms with Gasteiger partial charge in [0.25, 0.3) is 5.56 Å². The van der Waals surface area contributed by atoms with E-state index in [1.807, 2.05) is 0 Å². The van der Waals surface area contributed by atoms with Crippen molar-refractivity contribution in [1.82, 2.24) is 14.9 Å². The van der Waals surface area contributed by atoms with E-state index in [1.54, 1.807) is 11.4 Å². The van der Waals surface area contributed by atoms with Gasteiger partial charge in [-0.2, -0.15) is 0 Å². The Labute approximate surface area is 118 Å². The molecule has 0 bridgehead atoms. The molecule has 7 nitrogen and oxygen atoms in total. The normalized spacial score (nSPS) is 10.4. The van der Waals surface area contributed by atoms with E-state index < -0.39 is 5.97 Å². The number of hydrogen-bond donors (Lipinski definition) is 1. The second-order valence-corrected chi connectivity index (χ2v) is 4.89. The molecule has 0 saturated carbocycles. The first kappa shape index (κ1) is 14.2. The molecule has 1 amide bonds. The molecule has 2 aromatic heterocycles. The van der Waals surface area contributed by atoms with Crippen LogP contribution in [0.4, 0.5) is 0 Å². The third-order valence-electron chi connectivity index (χ3n) is 2.64. The lowest BCUT2D eigenvalue weighted by Gasteiger charge is -2.06. The van der Waals surface area contributed by atoms with Crippen LogP contribution in [0.15, 0.2) is 22.6 Å². The standard InChI is InChI=1S/C12H13N3O4S/c1-19-10(17)2-4-13-9(16)6-15-7-14-11-8(12(15)18)3-5-20-11/h3,5,7H,2,4,6H2,1H3,(H,13,16). The van der Waals surface area contributed by atoms with Crippen LogP contribution in [0.5, 0.6) is 0 Å². The van der Waals surface area contributed by atoms with Crippen LogP contribution in [-0.2, 0) is 20.9 Å². The lowest BCUT2D eigenvalue weighted by atomic mass is 10.4. The van der Waals surface area contributed by atoms with E-state index in [2.05, 4.69) is 15.0 Å². The van der Waals surface area contributed by atoms with Gasteiger partial charge in [0.05, 0.1) is 25.2 Å². The van der Waals surface area contributed by atoms with Gasteiger partial charge in [-0.1, -0.05) is 0 Å². The van der Waals surface area contributed by atoms with Crippen LogP contribution < -0.4 is 10.9 Å². The molecule has 2 rings (SSSR count). The molecule has 2 aromatic rings. The third kappa shape index (κ3) is 3.21. The van der Waals surface area contributed by atoms with E-state index in [4.69, 9.17) is 0 Å². The number of nitrogens with one attached hydrogen (secondary N) is 1. The van der Waals surface area contributed by atoms with Crippen LogP contribution in [0, 0.1) is 0 Å². The second kappa shape index (κ2) is 6.29. The van der Waals surface area contributed by atoms with Gasteiger partial charge in [0.2, 0.25) is 5.91 Å². The van der Waals surface area contributed by atoms with Gasteiger partial charge in [0, 0.05) is 6.54 Å². The highest BCUT2D eigenvalue weighted by molar-refractivity contribution is 7.16. The number of esters is 1. The average molecular weight is 295 g/mol. The summed E-state index contributed by atoms with van der Waals surface area (Å²) in [7, 11) is 1.28. The molecule has 0 aromatic carbocycles. The maximum Gasteiger partial charge on any atom is 0.307 e. The SMILES string of the molecule is COC(=O)CCNC(=O)Cn1cnc2sccc2c1=O. The first-order valence-corrected chi connectivity index (χ1v) is 6.76. The van der Waals surface area contributed by atoms with E-state index in [9.17, 15) is 14.4 Å². The smallest absolute Gasteiger partial charge is 0.307 e. The lowest BCUT2D eigenvalue weighted by molar-refractivity contribution is -0.140. The monoisotopic (exact) mass is 295 g/mol. The summed E-state index contributed by atoms with van der Waals surface area (Å²) < 4.78 is 5.69. The summed E-state index contributed by atoms with van der Waals surface area (Å²) in [4.78, 5) is 39.3. The minimum atomic E-state index is -0.399. The van der Waals surface area contributed by atoms with Crippen LogP contribution in [0.25, 0.3) is 10.2 Å². The summed E-state index contributed by atoms with van der Waals surface area (Å²) in [6, 6.07) is 1.68. The van der Waals surface area contributed by atoms with E-state index in [0.717, 1.165) is 0 Å². The van der Waals surface area contributed by atoms with Gasteiger partial charge in [-0.3, -0.25) is 19.0 Å². The quantitative estimate of drug-likeness (QED) is 0.792. The number of aromatic nitrogens is 2. The molecule has 0 atom stereocenters. The number of rotatable bonds is 5. The minimum Gasteiger partial charge on any atom is -0.469 e. The maximum atomic E-state index is 12.0. The van der Waals surface area contributed by atoms with Crippen LogP contribution in [0.3, 0.4) is 0 Å². The summed E-state index contributed by atoms with van der Waals surface area (Å²) in [6.45, 7) is 0.0488. The lowest BCUT2D eigenvalue weighted by Crippen LogP contribution is -2.33. The number of amides is 1. The van der Waals surface area contributed by atoms with Crippen molar-refractivity contribution in [3.8, 4) is 0 Å². The number of thiophene rings is 1. The third-order valence-corrected chi connectivity index (χ3v) is 3.46. The number of ether oxygens (including phenoxy) is 1. The first-order chi connectivity index (χ1) is 9.61. The molecule has 0 unspecified atom stereocenters. The molecular formula is C12H13N3O4S. The number of methoxy groups -OCH3 is 1. The summed E-state index contributed by atoms with van der Waals surface area (Å²) in [5.74, 6) is -0.754. The zero-order valence-electron chi connectivity index (χ0n) is 10.8. The predicted octanol–water partition coefficient (Wildman–Crippen LogP) is 0.137. The van der Waals surface area contributed by atoms with Crippen LogP contribution >= 0.6 is 11.3 Å². The van der Waals surface area contributed by atoms with Gasteiger partial charge in [-0.25, -0.2) is 4.98 Å². The molecule has 0 spiro atoms. The Bertz CT molecular complexity index is 691. The number of carbonyl (C=O) groups is 2. The fourth-order valence-electron chi connectivity index (χ4n) is 1.62. The van der Waals surface area contributed by atoms with Gasteiger partial charge in [-0.05, 0) is 11.4 Å². The van der Waals surface area contributed by atoms with Crippen molar-refractivity contribution in [1.29, 1.82) is 0 Å². The average Bonchev–Trinajstić information content (AvgIpc) is 2.91. The fraction of sp³-hybridized carbons (Fsp3) is 0.333. The minimum absolute atomic E-state index is 0.0962. The molecule has 0 aliphatic heterocycles. The summed E-state index contributed by atoms with van der Waals surface area (Å²) in [6.07, 6.45) is 1.44.